The van der Waals surface area contributed by atoms with Crippen LogP contribution in [0.25, 0.3) is 0 Å². The molecule has 2 heterocycles. The van der Waals surface area contributed by atoms with Crippen molar-refractivity contribution in [1.82, 2.24) is 15.1 Å². The Bertz CT molecular complexity index is 214. The lowest BCUT2D eigenvalue weighted by atomic mass is 9.96. The normalized spacial score (nSPS) is 32.8. The molecule has 2 unspecified atom stereocenters. The summed E-state index contributed by atoms with van der Waals surface area (Å²) >= 11 is 0. The third-order valence-electron chi connectivity index (χ3n) is 4.58. The molecule has 3 nitrogen and oxygen atoms in total. The van der Waals surface area contributed by atoms with E-state index < -0.39 is 0 Å². The number of piperazine rings is 1. The molecule has 2 aliphatic heterocycles. The first-order chi connectivity index (χ1) is 8.29. The number of hydrogen-bond donors (Lipinski definition) is 1. The Morgan fingerprint density at radius 2 is 2.18 bits per heavy atom. The van der Waals surface area contributed by atoms with Crippen LogP contribution in [0.1, 0.15) is 32.6 Å². The third-order valence-corrected chi connectivity index (χ3v) is 4.58. The molecule has 3 heteroatoms. The van der Waals surface area contributed by atoms with Gasteiger partial charge in [-0.05, 0) is 58.3 Å². The number of nitrogens with one attached hydrogen (secondary N) is 1. The molecule has 2 atom stereocenters. The summed E-state index contributed by atoms with van der Waals surface area (Å²) in [4.78, 5) is 5.21. The van der Waals surface area contributed by atoms with Crippen molar-refractivity contribution < 1.29 is 0 Å². The number of nitrogens with zero attached hydrogens (tertiary/aromatic N) is 2. The van der Waals surface area contributed by atoms with Gasteiger partial charge in [-0.2, -0.15) is 0 Å². The van der Waals surface area contributed by atoms with Gasteiger partial charge in [-0.15, -0.1) is 0 Å². The largest absolute Gasteiger partial charge is 0.316 e. The molecule has 17 heavy (non-hydrogen) atoms. The second-order valence-corrected chi connectivity index (χ2v) is 5.84. The molecule has 0 amide bonds. The number of rotatable bonds is 4. The van der Waals surface area contributed by atoms with Crippen molar-refractivity contribution in [2.75, 3.05) is 46.3 Å². The molecular weight excluding hydrogens is 210 g/mol. The zero-order valence-corrected chi connectivity index (χ0v) is 11.6. The Morgan fingerprint density at radius 1 is 1.29 bits per heavy atom. The molecule has 0 radical (unpaired) electrons. The Hall–Kier alpha value is -0.120. The average Bonchev–Trinajstić information content (AvgIpc) is 2.39. The Kier molecular flexibility index (Phi) is 5.26. The lowest BCUT2D eigenvalue weighted by Crippen LogP contribution is -2.51. The van der Waals surface area contributed by atoms with Crippen molar-refractivity contribution >= 4 is 0 Å². The Labute approximate surface area is 107 Å². The first-order valence-corrected chi connectivity index (χ1v) is 7.43. The van der Waals surface area contributed by atoms with Crippen molar-refractivity contribution in [3.05, 3.63) is 0 Å². The standard InChI is InChI=1S/C14H29N3/c1-3-14-12-17(10-9-16(14)2)8-6-13-5-4-7-15-11-13/h13-15H,3-12H2,1-2H3. The second-order valence-electron chi connectivity index (χ2n) is 5.84. The van der Waals surface area contributed by atoms with Gasteiger partial charge in [0, 0.05) is 25.7 Å². The minimum atomic E-state index is 0.785. The van der Waals surface area contributed by atoms with Crippen LogP contribution in [0.15, 0.2) is 0 Å². The zero-order valence-electron chi connectivity index (χ0n) is 11.6. The zero-order chi connectivity index (χ0) is 12.1. The molecule has 2 aliphatic rings. The molecule has 0 saturated carbocycles. The van der Waals surface area contributed by atoms with Gasteiger partial charge in [0.25, 0.3) is 0 Å². The molecule has 0 aromatic rings. The SMILES string of the molecule is CCC1CN(CCC2CCCNC2)CCN1C. The fourth-order valence-corrected chi connectivity index (χ4v) is 3.19. The van der Waals surface area contributed by atoms with Crippen LogP contribution >= 0.6 is 0 Å². The van der Waals surface area contributed by atoms with Gasteiger partial charge in [-0.3, -0.25) is 0 Å². The fraction of sp³-hybridized carbons (Fsp3) is 1.00. The van der Waals surface area contributed by atoms with Crippen molar-refractivity contribution in [2.24, 2.45) is 5.92 Å². The summed E-state index contributed by atoms with van der Waals surface area (Å²) in [5, 5.41) is 3.52. The van der Waals surface area contributed by atoms with Crippen LogP contribution < -0.4 is 5.32 Å². The maximum Gasteiger partial charge on any atom is 0.0218 e. The first kappa shape index (κ1) is 13.3. The summed E-state index contributed by atoms with van der Waals surface area (Å²) in [6.07, 6.45) is 5.51. The van der Waals surface area contributed by atoms with E-state index in [2.05, 4.69) is 29.1 Å². The lowest BCUT2D eigenvalue weighted by Gasteiger charge is -2.39. The van der Waals surface area contributed by atoms with E-state index in [1.54, 1.807) is 0 Å². The van der Waals surface area contributed by atoms with E-state index in [0.717, 1.165) is 12.0 Å². The summed E-state index contributed by atoms with van der Waals surface area (Å²) in [6.45, 7) is 9.93. The smallest absolute Gasteiger partial charge is 0.0218 e. The lowest BCUT2D eigenvalue weighted by molar-refractivity contribution is 0.0877. The molecule has 0 aromatic carbocycles. The van der Waals surface area contributed by atoms with E-state index in [4.69, 9.17) is 0 Å². The van der Waals surface area contributed by atoms with E-state index in [9.17, 15) is 0 Å². The number of likely N-dealkylation sites (N-methyl/N-ethyl adjacent to an activating group) is 1. The first-order valence-electron chi connectivity index (χ1n) is 7.43. The van der Waals surface area contributed by atoms with Crippen molar-refractivity contribution in [3.8, 4) is 0 Å². The Balaban J connectivity index is 1.68. The number of piperidine rings is 1. The van der Waals surface area contributed by atoms with Crippen LogP contribution in [-0.2, 0) is 0 Å². The summed E-state index contributed by atoms with van der Waals surface area (Å²) in [5.41, 5.74) is 0. The van der Waals surface area contributed by atoms with Crippen LogP contribution in [0.2, 0.25) is 0 Å². The topological polar surface area (TPSA) is 18.5 Å². The van der Waals surface area contributed by atoms with Crippen molar-refractivity contribution in [3.63, 3.8) is 0 Å². The van der Waals surface area contributed by atoms with E-state index in [-0.39, 0.29) is 0 Å². The maximum atomic E-state index is 3.52. The van der Waals surface area contributed by atoms with Crippen molar-refractivity contribution in [2.45, 2.75) is 38.6 Å². The molecule has 0 aliphatic carbocycles. The highest BCUT2D eigenvalue weighted by Crippen LogP contribution is 2.16. The van der Waals surface area contributed by atoms with Gasteiger partial charge in [0.1, 0.15) is 0 Å². The van der Waals surface area contributed by atoms with Gasteiger partial charge in [0.15, 0.2) is 0 Å². The molecule has 2 rings (SSSR count). The predicted octanol–water partition coefficient (Wildman–Crippen LogP) is 1.40. The highest BCUT2D eigenvalue weighted by Gasteiger charge is 2.23. The molecular formula is C14H29N3. The van der Waals surface area contributed by atoms with Gasteiger partial charge >= 0.3 is 0 Å². The van der Waals surface area contributed by atoms with Gasteiger partial charge < -0.3 is 15.1 Å². The number of hydrogen-bond acceptors (Lipinski definition) is 3. The fourth-order valence-electron chi connectivity index (χ4n) is 3.19. The van der Waals surface area contributed by atoms with Crippen LogP contribution in [-0.4, -0.2) is 62.2 Å². The van der Waals surface area contributed by atoms with Gasteiger partial charge in [0.2, 0.25) is 0 Å². The van der Waals surface area contributed by atoms with Gasteiger partial charge in [-0.25, -0.2) is 0 Å². The van der Waals surface area contributed by atoms with E-state index in [1.807, 2.05) is 0 Å². The molecule has 0 bridgehead atoms. The average molecular weight is 239 g/mol. The summed E-state index contributed by atoms with van der Waals surface area (Å²) in [6, 6.07) is 0.785. The van der Waals surface area contributed by atoms with Crippen molar-refractivity contribution in [1.29, 1.82) is 0 Å². The molecule has 100 valence electrons. The minimum absolute atomic E-state index is 0.785. The summed E-state index contributed by atoms with van der Waals surface area (Å²) in [5.74, 6) is 0.934. The third kappa shape index (κ3) is 3.94. The minimum Gasteiger partial charge on any atom is -0.316 e. The van der Waals surface area contributed by atoms with Crippen LogP contribution in [0.5, 0.6) is 0 Å². The van der Waals surface area contributed by atoms with E-state index in [0.29, 0.717) is 0 Å². The van der Waals surface area contributed by atoms with E-state index >= 15 is 0 Å². The highest BCUT2D eigenvalue weighted by molar-refractivity contribution is 4.80. The van der Waals surface area contributed by atoms with Crippen LogP contribution in [0.3, 0.4) is 0 Å². The van der Waals surface area contributed by atoms with Gasteiger partial charge in [0.05, 0.1) is 0 Å². The molecule has 2 saturated heterocycles. The molecule has 0 aromatic heterocycles. The molecule has 0 spiro atoms. The predicted molar refractivity (Wildman–Crippen MR) is 73.4 cm³/mol. The second kappa shape index (κ2) is 6.72. The molecule has 1 N–H and O–H groups in total. The van der Waals surface area contributed by atoms with Gasteiger partial charge in [-0.1, -0.05) is 6.92 Å². The highest BCUT2D eigenvalue weighted by atomic mass is 15.3. The summed E-state index contributed by atoms with van der Waals surface area (Å²) in [7, 11) is 2.27. The van der Waals surface area contributed by atoms with Crippen LogP contribution in [0, 0.1) is 5.92 Å². The van der Waals surface area contributed by atoms with Crippen LogP contribution in [0.4, 0.5) is 0 Å². The monoisotopic (exact) mass is 239 g/mol. The maximum absolute atomic E-state index is 3.52. The Morgan fingerprint density at radius 3 is 2.88 bits per heavy atom. The van der Waals surface area contributed by atoms with E-state index in [1.165, 1.54) is 65.0 Å². The quantitative estimate of drug-likeness (QED) is 0.800. The molecule has 2 fully saturated rings. The summed E-state index contributed by atoms with van der Waals surface area (Å²) < 4.78 is 0.